The van der Waals surface area contributed by atoms with E-state index in [1.165, 1.54) is 40.4 Å². The van der Waals surface area contributed by atoms with Gasteiger partial charge in [0, 0.05) is 10.9 Å². The standard InChI is InChI=1S/C17H22N2S/c1-12(2)18-15(11-13-7-4-3-5-8-13)17-19-14-9-6-10-16(14)20-17/h3-5,7-8,12,15,18H,6,9-11H2,1-2H3. The molecule has 1 N–H and O–H groups in total. The first kappa shape index (κ1) is 13.8. The smallest absolute Gasteiger partial charge is 0.110 e. The lowest BCUT2D eigenvalue weighted by molar-refractivity contribution is 0.472. The van der Waals surface area contributed by atoms with E-state index in [1.54, 1.807) is 0 Å². The Balaban J connectivity index is 1.81. The van der Waals surface area contributed by atoms with Gasteiger partial charge >= 0.3 is 0 Å². The Labute approximate surface area is 125 Å². The molecule has 3 rings (SSSR count). The second kappa shape index (κ2) is 6.06. The highest BCUT2D eigenvalue weighted by Crippen LogP contribution is 2.32. The molecule has 0 bridgehead atoms. The molecule has 0 saturated heterocycles. The van der Waals surface area contributed by atoms with Crippen LogP contribution in [0.3, 0.4) is 0 Å². The van der Waals surface area contributed by atoms with E-state index in [0.717, 1.165) is 6.42 Å². The van der Waals surface area contributed by atoms with E-state index in [-0.39, 0.29) is 0 Å². The van der Waals surface area contributed by atoms with Gasteiger partial charge in [-0.1, -0.05) is 44.2 Å². The highest BCUT2D eigenvalue weighted by atomic mass is 32.1. The fraction of sp³-hybridized carbons (Fsp3) is 0.471. The Hall–Kier alpha value is -1.19. The van der Waals surface area contributed by atoms with Gasteiger partial charge in [0.25, 0.3) is 0 Å². The summed E-state index contributed by atoms with van der Waals surface area (Å²) in [6, 6.07) is 11.5. The second-order valence-electron chi connectivity index (χ2n) is 5.84. The lowest BCUT2D eigenvalue weighted by Gasteiger charge is -2.19. The van der Waals surface area contributed by atoms with Crippen LogP contribution in [0.1, 0.15) is 47.5 Å². The average Bonchev–Trinajstić information content (AvgIpc) is 2.99. The largest absolute Gasteiger partial charge is 0.305 e. The summed E-state index contributed by atoms with van der Waals surface area (Å²) >= 11 is 1.92. The van der Waals surface area contributed by atoms with Gasteiger partial charge in [-0.05, 0) is 31.2 Å². The molecule has 1 aromatic heterocycles. The fourth-order valence-corrected chi connectivity index (χ4v) is 4.04. The van der Waals surface area contributed by atoms with Gasteiger partial charge in [0.15, 0.2) is 0 Å². The van der Waals surface area contributed by atoms with Gasteiger partial charge in [0.05, 0.1) is 11.7 Å². The minimum absolute atomic E-state index is 0.341. The number of hydrogen-bond acceptors (Lipinski definition) is 3. The van der Waals surface area contributed by atoms with E-state index < -0.39 is 0 Å². The van der Waals surface area contributed by atoms with Crippen molar-refractivity contribution in [3.8, 4) is 0 Å². The number of fused-ring (bicyclic) bond motifs is 1. The molecular weight excluding hydrogens is 264 g/mol. The highest BCUT2D eigenvalue weighted by Gasteiger charge is 2.22. The van der Waals surface area contributed by atoms with E-state index in [1.807, 2.05) is 11.3 Å². The monoisotopic (exact) mass is 286 g/mol. The van der Waals surface area contributed by atoms with Crippen molar-refractivity contribution < 1.29 is 0 Å². The molecule has 0 fully saturated rings. The van der Waals surface area contributed by atoms with Gasteiger partial charge in [-0.3, -0.25) is 0 Å². The van der Waals surface area contributed by atoms with Crippen molar-refractivity contribution in [1.29, 1.82) is 0 Å². The number of aryl methyl sites for hydroxylation is 2. The second-order valence-corrected chi connectivity index (χ2v) is 6.95. The summed E-state index contributed by atoms with van der Waals surface area (Å²) in [5.41, 5.74) is 2.73. The summed E-state index contributed by atoms with van der Waals surface area (Å²) < 4.78 is 0. The first-order chi connectivity index (χ1) is 9.72. The Morgan fingerprint density at radius 2 is 2.00 bits per heavy atom. The van der Waals surface area contributed by atoms with Crippen LogP contribution in [0, 0.1) is 0 Å². The highest BCUT2D eigenvalue weighted by molar-refractivity contribution is 7.11. The normalized spacial score (nSPS) is 15.6. The minimum atomic E-state index is 0.341. The van der Waals surface area contributed by atoms with Crippen LogP contribution in [-0.4, -0.2) is 11.0 Å². The lowest BCUT2D eigenvalue weighted by atomic mass is 10.1. The van der Waals surface area contributed by atoms with Crippen molar-refractivity contribution in [3.63, 3.8) is 0 Å². The molecule has 0 saturated carbocycles. The molecule has 2 aromatic rings. The summed E-state index contributed by atoms with van der Waals surface area (Å²) in [6.45, 7) is 4.42. The molecule has 1 heterocycles. The Kier molecular flexibility index (Phi) is 4.18. The maximum absolute atomic E-state index is 4.90. The molecule has 1 atom stereocenters. The van der Waals surface area contributed by atoms with Gasteiger partial charge in [0.1, 0.15) is 5.01 Å². The molecule has 3 heteroatoms. The third-order valence-corrected chi connectivity index (χ3v) is 5.00. The van der Waals surface area contributed by atoms with E-state index in [0.29, 0.717) is 12.1 Å². The van der Waals surface area contributed by atoms with Crippen molar-refractivity contribution in [2.45, 2.75) is 51.6 Å². The molecule has 0 aliphatic heterocycles. The zero-order chi connectivity index (χ0) is 13.9. The number of thiazole rings is 1. The molecule has 0 radical (unpaired) electrons. The fourth-order valence-electron chi connectivity index (χ4n) is 2.83. The quantitative estimate of drug-likeness (QED) is 0.901. The molecule has 20 heavy (non-hydrogen) atoms. The summed E-state index contributed by atoms with van der Waals surface area (Å²) in [5, 5.41) is 4.95. The summed E-state index contributed by atoms with van der Waals surface area (Å²) in [6.07, 6.45) is 4.71. The topological polar surface area (TPSA) is 24.9 Å². The van der Waals surface area contributed by atoms with Crippen LogP contribution in [0.4, 0.5) is 0 Å². The molecule has 1 aromatic carbocycles. The van der Waals surface area contributed by atoms with Gasteiger partial charge in [-0.2, -0.15) is 0 Å². The molecule has 0 amide bonds. The van der Waals surface area contributed by atoms with Crippen molar-refractivity contribution in [2.75, 3.05) is 0 Å². The molecular formula is C17H22N2S. The predicted octanol–water partition coefficient (Wildman–Crippen LogP) is 3.91. The molecule has 0 spiro atoms. The van der Waals surface area contributed by atoms with Gasteiger partial charge in [-0.25, -0.2) is 4.98 Å². The van der Waals surface area contributed by atoms with Crippen LogP contribution in [0.5, 0.6) is 0 Å². The summed E-state index contributed by atoms with van der Waals surface area (Å²) in [5.74, 6) is 0. The maximum atomic E-state index is 4.90. The van der Waals surface area contributed by atoms with Gasteiger partial charge in [0.2, 0.25) is 0 Å². The van der Waals surface area contributed by atoms with Crippen LogP contribution in [0.15, 0.2) is 30.3 Å². The molecule has 1 aliphatic rings. The molecule has 2 nitrogen and oxygen atoms in total. The van der Waals surface area contributed by atoms with E-state index in [9.17, 15) is 0 Å². The number of benzene rings is 1. The third kappa shape index (κ3) is 3.10. The SMILES string of the molecule is CC(C)NC(Cc1ccccc1)c1nc2c(s1)CCC2. The third-order valence-electron chi connectivity index (χ3n) is 3.73. The van der Waals surface area contributed by atoms with Crippen LogP contribution < -0.4 is 5.32 Å². The Bertz CT molecular complexity index is 538. The Morgan fingerprint density at radius 3 is 2.70 bits per heavy atom. The number of nitrogens with zero attached hydrogens (tertiary/aromatic N) is 1. The summed E-state index contributed by atoms with van der Waals surface area (Å²) in [7, 11) is 0. The molecule has 1 unspecified atom stereocenters. The van der Waals surface area contributed by atoms with E-state index in [4.69, 9.17) is 4.98 Å². The van der Waals surface area contributed by atoms with Crippen molar-refractivity contribution in [3.05, 3.63) is 51.5 Å². The zero-order valence-corrected chi connectivity index (χ0v) is 13.0. The first-order valence-corrected chi connectivity index (χ1v) is 8.32. The van der Waals surface area contributed by atoms with Crippen molar-refractivity contribution >= 4 is 11.3 Å². The van der Waals surface area contributed by atoms with Crippen LogP contribution in [-0.2, 0) is 19.3 Å². The number of rotatable bonds is 5. The number of hydrogen-bond donors (Lipinski definition) is 1. The predicted molar refractivity (Wildman–Crippen MR) is 85.3 cm³/mol. The van der Waals surface area contributed by atoms with E-state index in [2.05, 4.69) is 49.5 Å². The molecule has 1 aliphatic carbocycles. The van der Waals surface area contributed by atoms with Crippen LogP contribution in [0.25, 0.3) is 0 Å². The van der Waals surface area contributed by atoms with Crippen LogP contribution >= 0.6 is 11.3 Å². The summed E-state index contributed by atoms with van der Waals surface area (Å²) in [4.78, 5) is 6.41. The van der Waals surface area contributed by atoms with Crippen molar-refractivity contribution in [2.24, 2.45) is 0 Å². The lowest BCUT2D eigenvalue weighted by Crippen LogP contribution is -2.29. The Morgan fingerprint density at radius 1 is 1.20 bits per heavy atom. The maximum Gasteiger partial charge on any atom is 0.110 e. The average molecular weight is 286 g/mol. The minimum Gasteiger partial charge on any atom is -0.305 e. The zero-order valence-electron chi connectivity index (χ0n) is 12.2. The van der Waals surface area contributed by atoms with Crippen LogP contribution in [0.2, 0.25) is 0 Å². The van der Waals surface area contributed by atoms with E-state index >= 15 is 0 Å². The number of nitrogens with one attached hydrogen (secondary N) is 1. The first-order valence-electron chi connectivity index (χ1n) is 7.51. The molecule has 106 valence electrons. The van der Waals surface area contributed by atoms with Gasteiger partial charge in [-0.15, -0.1) is 11.3 Å². The number of aromatic nitrogens is 1. The van der Waals surface area contributed by atoms with Crippen molar-refractivity contribution in [1.82, 2.24) is 10.3 Å². The van der Waals surface area contributed by atoms with Gasteiger partial charge < -0.3 is 5.32 Å².